The van der Waals surface area contributed by atoms with Crippen LogP contribution in [-0.2, 0) is 29.0 Å². The summed E-state index contributed by atoms with van der Waals surface area (Å²) >= 11 is 0. The van der Waals surface area contributed by atoms with Gasteiger partial charge < -0.3 is 19.3 Å². The van der Waals surface area contributed by atoms with E-state index in [1.807, 2.05) is 13.8 Å². The summed E-state index contributed by atoms with van der Waals surface area (Å²) in [5.41, 5.74) is 2.01. The van der Waals surface area contributed by atoms with Crippen molar-refractivity contribution in [1.82, 2.24) is 9.97 Å². The minimum Gasteiger partial charge on any atom is -0.458 e. The summed E-state index contributed by atoms with van der Waals surface area (Å²) in [6.07, 6.45) is 3.31. The minimum atomic E-state index is -3.67. The Morgan fingerprint density at radius 2 is 1.80 bits per heavy atom. The van der Waals surface area contributed by atoms with Crippen LogP contribution < -0.4 is 4.31 Å². The van der Waals surface area contributed by atoms with Crippen molar-refractivity contribution in [2.24, 2.45) is 5.92 Å². The van der Waals surface area contributed by atoms with Crippen molar-refractivity contribution in [3.05, 3.63) is 47.4 Å². The molecule has 2 heterocycles. The zero-order valence-corrected chi connectivity index (χ0v) is 25.2. The molecule has 1 N–H and O–H groups in total. The topological polar surface area (TPSA) is 128 Å². The predicted molar refractivity (Wildman–Crippen MR) is 154 cm³/mol. The van der Waals surface area contributed by atoms with Crippen LogP contribution in [0.2, 0.25) is 0 Å². The number of halogens is 1. The smallest absolute Gasteiger partial charge is 0.308 e. The fourth-order valence-corrected chi connectivity index (χ4v) is 4.49. The Morgan fingerprint density at radius 3 is 2.37 bits per heavy atom. The molecule has 3 rings (SSSR count). The third kappa shape index (κ3) is 9.29. The van der Waals surface area contributed by atoms with Crippen LogP contribution in [0.3, 0.4) is 0 Å². The number of aromatic nitrogens is 2. The van der Waals surface area contributed by atoms with Crippen LogP contribution in [0.15, 0.2) is 30.3 Å². The van der Waals surface area contributed by atoms with Crippen molar-refractivity contribution < 1.29 is 36.9 Å². The van der Waals surface area contributed by atoms with Gasteiger partial charge in [0.25, 0.3) is 0 Å². The molecule has 0 unspecified atom stereocenters. The van der Waals surface area contributed by atoms with Crippen LogP contribution >= 0.6 is 0 Å². The number of aliphatic hydroxyl groups is 1. The molecule has 0 radical (unpaired) electrons. The summed E-state index contributed by atoms with van der Waals surface area (Å²) in [6, 6.07) is 5.68. The largest absolute Gasteiger partial charge is 0.458 e. The van der Waals surface area contributed by atoms with Gasteiger partial charge in [0.2, 0.25) is 16.0 Å². The molecule has 41 heavy (non-hydrogen) atoms. The maximum atomic E-state index is 13.8. The van der Waals surface area contributed by atoms with Crippen molar-refractivity contribution in [2.75, 3.05) is 30.8 Å². The van der Waals surface area contributed by atoms with Crippen LogP contribution in [0.25, 0.3) is 17.3 Å². The Hall–Kier alpha value is -2.93. The number of carbonyl (C=O) groups excluding carboxylic acids is 1. The first kappa shape index (κ1) is 32.6. The molecule has 1 saturated heterocycles. The molecule has 0 spiro atoms. The maximum absolute atomic E-state index is 13.8. The molecule has 0 bridgehead atoms. The molecule has 1 aliphatic heterocycles. The van der Waals surface area contributed by atoms with Gasteiger partial charge in [0, 0.05) is 31.0 Å². The van der Waals surface area contributed by atoms with Gasteiger partial charge in [-0.25, -0.2) is 27.1 Å². The molecule has 10 nitrogen and oxygen atoms in total. The Morgan fingerprint density at radius 1 is 1.17 bits per heavy atom. The van der Waals surface area contributed by atoms with E-state index in [1.165, 1.54) is 19.2 Å². The minimum absolute atomic E-state index is 0.0293. The molecule has 1 aromatic carbocycles. The van der Waals surface area contributed by atoms with E-state index in [-0.39, 0.29) is 30.6 Å². The summed E-state index contributed by atoms with van der Waals surface area (Å²) in [5.74, 6) is -1.44. The van der Waals surface area contributed by atoms with Gasteiger partial charge in [0.15, 0.2) is 6.29 Å². The van der Waals surface area contributed by atoms with Gasteiger partial charge in [-0.3, -0.25) is 4.79 Å². The van der Waals surface area contributed by atoms with Crippen molar-refractivity contribution in [3.8, 4) is 11.3 Å². The van der Waals surface area contributed by atoms with Gasteiger partial charge in [-0.2, -0.15) is 0 Å². The van der Waals surface area contributed by atoms with E-state index in [2.05, 4.69) is 9.97 Å². The summed E-state index contributed by atoms with van der Waals surface area (Å²) in [7, 11) is -2.30. The number of rotatable bonds is 12. The van der Waals surface area contributed by atoms with Gasteiger partial charge >= 0.3 is 5.97 Å². The van der Waals surface area contributed by atoms with E-state index in [1.54, 1.807) is 38.1 Å². The average molecular weight is 594 g/mol. The number of sulfonamides is 1. The molecule has 0 amide bonds. The molecule has 12 heteroatoms. The Balaban J connectivity index is 2.06. The lowest BCUT2D eigenvalue weighted by atomic mass is 9.97. The van der Waals surface area contributed by atoms with Crippen LogP contribution in [0.4, 0.5) is 10.3 Å². The van der Waals surface area contributed by atoms with Crippen molar-refractivity contribution >= 4 is 28.0 Å². The van der Waals surface area contributed by atoms with E-state index in [0.717, 1.165) is 17.0 Å². The molecule has 0 aliphatic carbocycles. The monoisotopic (exact) mass is 593 g/mol. The molecule has 2 atom stereocenters. The quantitative estimate of drug-likeness (QED) is 0.359. The van der Waals surface area contributed by atoms with Gasteiger partial charge in [-0.05, 0) is 42.7 Å². The lowest BCUT2D eigenvalue weighted by Gasteiger charge is -2.26. The molecular formula is C29H40FN3O7S. The second-order valence-corrected chi connectivity index (χ2v) is 12.7. The number of aliphatic hydroxyl groups excluding tert-OH is 1. The highest BCUT2D eigenvalue weighted by molar-refractivity contribution is 7.92. The lowest BCUT2D eigenvalue weighted by Crippen LogP contribution is -2.31. The first-order valence-electron chi connectivity index (χ1n) is 13.7. The predicted octanol–water partition coefficient (Wildman–Crippen LogP) is 4.29. The Kier molecular flexibility index (Phi) is 11.4. The number of benzene rings is 1. The molecule has 1 fully saturated rings. The third-order valence-corrected chi connectivity index (χ3v) is 7.65. The van der Waals surface area contributed by atoms with Crippen LogP contribution in [0.1, 0.15) is 64.1 Å². The first-order valence-corrected chi connectivity index (χ1v) is 15.5. The summed E-state index contributed by atoms with van der Waals surface area (Å²) in [5, 5.41) is 10.8. The van der Waals surface area contributed by atoms with Crippen molar-refractivity contribution in [2.45, 2.75) is 71.4 Å². The molecule has 0 saturated carbocycles. The fraction of sp³-hybridized carbons (Fsp3) is 0.552. The SMILES string of the molecule is CC(C)C(=O)O[C@H](/C=C/c1c(-c2ccc(F)cc2)nc(N(C)S(C)(=O)=O)nc1C(C)C)C[C@@H](O)CC1OCCCO1. The molecular weight excluding hydrogens is 553 g/mol. The molecule has 1 aliphatic rings. The molecule has 1 aromatic heterocycles. The van der Waals surface area contributed by atoms with Crippen LogP contribution in [-0.4, -0.2) is 74.5 Å². The summed E-state index contributed by atoms with van der Waals surface area (Å²) < 4.78 is 56.2. The number of hydrogen-bond acceptors (Lipinski definition) is 9. The molecule has 2 aromatic rings. The summed E-state index contributed by atoms with van der Waals surface area (Å²) in [4.78, 5) is 21.7. The van der Waals surface area contributed by atoms with Gasteiger partial charge in [-0.15, -0.1) is 0 Å². The van der Waals surface area contributed by atoms with E-state index in [9.17, 15) is 22.7 Å². The Labute approximate surface area is 241 Å². The highest BCUT2D eigenvalue weighted by Crippen LogP contribution is 2.32. The van der Waals surface area contributed by atoms with Crippen molar-refractivity contribution in [1.29, 1.82) is 0 Å². The van der Waals surface area contributed by atoms with Gasteiger partial charge in [0.1, 0.15) is 11.9 Å². The fourth-order valence-electron chi connectivity index (χ4n) is 4.11. The van der Waals surface area contributed by atoms with E-state index < -0.39 is 40.3 Å². The second kappa shape index (κ2) is 14.3. The Bertz CT molecular complexity index is 1310. The highest BCUT2D eigenvalue weighted by Gasteiger charge is 2.25. The van der Waals surface area contributed by atoms with E-state index in [4.69, 9.17) is 14.2 Å². The first-order chi connectivity index (χ1) is 19.3. The number of nitrogens with zero attached hydrogens (tertiary/aromatic N) is 3. The number of carbonyl (C=O) groups is 1. The van der Waals surface area contributed by atoms with Crippen molar-refractivity contribution in [3.63, 3.8) is 0 Å². The maximum Gasteiger partial charge on any atom is 0.308 e. The normalized spacial score (nSPS) is 16.3. The zero-order chi connectivity index (χ0) is 30.3. The van der Waals surface area contributed by atoms with E-state index in [0.29, 0.717) is 35.7 Å². The van der Waals surface area contributed by atoms with Crippen LogP contribution in [0, 0.1) is 11.7 Å². The second-order valence-electron chi connectivity index (χ2n) is 10.7. The lowest BCUT2D eigenvalue weighted by molar-refractivity contribution is -0.192. The van der Waals surface area contributed by atoms with E-state index >= 15 is 0 Å². The summed E-state index contributed by atoms with van der Waals surface area (Å²) in [6.45, 7) is 8.36. The third-order valence-electron chi connectivity index (χ3n) is 6.49. The standard InChI is InChI=1S/C29H40FN3O7S/c1-18(2)26-24(27(20-8-10-21(30)11-9-20)32-29(31-26)33(5)41(6,36)37)13-12-23(40-28(35)19(3)4)16-22(34)17-25-38-14-7-15-39-25/h8-13,18-19,22-23,25,34H,7,14-17H2,1-6H3/b13-12+/t22-,23-/m1/s1. The van der Waals surface area contributed by atoms with Gasteiger partial charge in [-0.1, -0.05) is 33.8 Å². The highest BCUT2D eigenvalue weighted by atomic mass is 32.2. The van der Waals surface area contributed by atoms with Crippen LogP contribution in [0.5, 0.6) is 0 Å². The van der Waals surface area contributed by atoms with Gasteiger partial charge in [0.05, 0.1) is 42.9 Å². The average Bonchev–Trinajstić information content (AvgIpc) is 2.91. The number of hydrogen-bond donors (Lipinski definition) is 1. The number of anilines is 1. The molecule has 226 valence electrons. The zero-order valence-electron chi connectivity index (χ0n) is 24.4. The number of esters is 1. The number of ether oxygens (including phenoxy) is 3.